The molecule has 0 aromatic heterocycles. The summed E-state index contributed by atoms with van der Waals surface area (Å²) in [6.45, 7) is 11.9. The fourth-order valence-corrected chi connectivity index (χ4v) is 6.88. The molecule has 3 heterocycles. The van der Waals surface area contributed by atoms with E-state index in [1.165, 1.54) is 53.0 Å². The fraction of sp³-hybridized carbons (Fsp3) is 0.486. The lowest BCUT2D eigenvalue weighted by atomic mass is 9.78. The van der Waals surface area contributed by atoms with Gasteiger partial charge in [-0.25, -0.2) is 0 Å². The van der Waals surface area contributed by atoms with Gasteiger partial charge in [0.15, 0.2) is 11.4 Å². The summed E-state index contributed by atoms with van der Waals surface area (Å²) >= 11 is 0. The molecule has 2 aromatic carbocycles. The van der Waals surface area contributed by atoms with E-state index in [0.29, 0.717) is 0 Å². The molecule has 6 N–H and O–H groups in total. The number of hydrogen-bond acceptors (Lipinski definition) is 14. The van der Waals surface area contributed by atoms with Gasteiger partial charge >= 0.3 is 17.4 Å². The summed E-state index contributed by atoms with van der Waals surface area (Å²) in [7, 11) is 1.38. The van der Waals surface area contributed by atoms with Crippen LogP contribution in [0.3, 0.4) is 0 Å². The summed E-state index contributed by atoms with van der Waals surface area (Å²) in [6.07, 6.45) is 2.81. The lowest BCUT2D eigenvalue weighted by molar-refractivity contribution is -0.384. The van der Waals surface area contributed by atoms with Gasteiger partial charge in [0.05, 0.1) is 45.8 Å². The molecule has 288 valence electrons. The summed E-state index contributed by atoms with van der Waals surface area (Å²) in [5.41, 5.74) is -2.54. The summed E-state index contributed by atoms with van der Waals surface area (Å²) < 4.78 is 23.0. The van der Waals surface area contributed by atoms with Crippen LogP contribution in [-0.2, 0) is 23.8 Å². The topological polar surface area (TPSA) is 244 Å². The third-order valence-electron chi connectivity index (χ3n) is 10.2. The molecule has 0 spiro atoms. The van der Waals surface area contributed by atoms with Gasteiger partial charge in [-0.05, 0) is 19.9 Å². The first kappa shape index (κ1) is 40.6. The Morgan fingerprint density at radius 3 is 2.19 bits per heavy atom. The highest BCUT2D eigenvalue weighted by molar-refractivity contribution is 6.23. The van der Waals surface area contributed by atoms with Crippen LogP contribution in [0.4, 0.5) is 11.4 Å². The number of aliphatic hydroxyl groups is 2. The van der Waals surface area contributed by atoms with Gasteiger partial charge in [0, 0.05) is 55.8 Å². The van der Waals surface area contributed by atoms with Crippen molar-refractivity contribution in [2.24, 2.45) is 23.7 Å². The number of carbonyl (C=O) groups is 3. The molecule has 3 aliphatic rings. The molecule has 16 heteroatoms. The van der Waals surface area contributed by atoms with Crippen molar-refractivity contribution in [1.82, 2.24) is 0 Å². The summed E-state index contributed by atoms with van der Waals surface area (Å²) in [5, 5.41) is 69.9. The summed E-state index contributed by atoms with van der Waals surface area (Å²) in [6, 6.07) is 0. The van der Waals surface area contributed by atoms with Gasteiger partial charge in [0.25, 0.3) is 11.7 Å². The second-order valence-corrected chi connectivity index (χ2v) is 13.8. The molecule has 16 nitrogen and oxygen atoms in total. The van der Waals surface area contributed by atoms with Crippen molar-refractivity contribution in [3.63, 3.8) is 0 Å². The average molecular weight is 743 g/mol. The molecule has 0 saturated carbocycles. The molecular formula is C37H46N2O14. The van der Waals surface area contributed by atoms with Gasteiger partial charge in [-0.2, -0.15) is 0 Å². The summed E-state index contributed by atoms with van der Waals surface area (Å²) in [4.78, 5) is 50.8. The minimum Gasteiger partial charge on any atom is -0.507 e. The minimum absolute atomic E-state index is 0.0165. The molecule has 0 fully saturated rings. The molecule has 0 radical (unpaired) electrons. The highest BCUT2D eigenvalue weighted by atomic mass is 16.7. The van der Waals surface area contributed by atoms with Gasteiger partial charge < -0.3 is 49.8 Å². The Kier molecular flexibility index (Phi) is 11.8. The second kappa shape index (κ2) is 15.4. The molecule has 1 amide bonds. The molecule has 53 heavy (non-hydrogen) atoms. The number of phenolic OH excluding ortho intramolecular Hbond substituents is 3. The van der Waals surface area contributed by atoms with Crippen LogP contribution in [0.2, 0.25) is 0 Å². The Morgan fingerprint density at radius 1 is 0.962 bits per heavy atom. The van der Waals surface area contributed by atoms with E-state index in [0.717, 1.165) is 6.26 Å². The number of benzene rings is 2. The Labute approximate surface area is 305 Å². The van der Waals surface area contributed by atoms with Crippen LogP contribution in [0.1, 0.15) is 64.4 Å². The number of ketones is 1. The number of nitrogens with zero attached hydrogens (tertiary/aromatic N) is 1. The van der Waals surface area contributed by atoms with Crippen molar-refractivity contribution in [3.8, 4) is 23.0 Å². The van der Waals surface area contributed by atoms with Crippen LogP contribution in [0.5, 0.6) is 23.0 Å². The number of hydrogen-bond donors (Lipinski definition) is 6. The molecule has 3 aliphatic heterocycles. The van der Waals surface area contributed by atoms with E-state index < -0.39 is 121 Å². The zero-order valence-corrected chi connectivity index (χ0v) is 30.9. The predicted molar refractivity (Wildman–Crippen MR) is 190 cm³/mol. The molecular weight excluding hydrogens is 696 g/mol. The number of phenols is 3. The molecule has 0 unspecified atom stereocenters. The lowest BCUT2D eigenvalue weighted by Crippen LogP contribution is -2.46. The number of allylic oxidation sites excluding steroid dienone is 2. The van der Waals surface area contributed by atoms with Gasteiger partial charge in [0.1, 0.15) is 17.6 Å². The Hall–Kier alpha value is -5.19. The average Bonchev–Trinajstić information content (AvgIpc) is 3.36. The van der Waals surface area contributed by atoms with Crippen molar-refractivity contribution in [3.05, 3.63) is 57.4 Å². The number of nitrogens with one attached hydrogen (secondary N) is 1. The van der Waals surface area contributed by atoms with Gasteiger partial charge in [-0.15, -0.1) is 0 Å². The second-order valence-electron chi connectivity index (χ2n) is 13.8. The van der Waals surface area contributed by atoms with Crippen molar-refractivity contribution in [1.29, 1.82) is 0 Å². The normalized spacial score (nSPS) is 31.9. The third kappa shape index (κ3) is 7.39. The minimum atomic E-state index is -2.17. The largest absolute Gasteiger partial charge is 0.507 e. The number of aliphatic hydroxyl groups excluding tert-OH is 2. The number of rotatable bonds is 3. The van der Waals surface area contributed by atoms with E-state index in [2.05, 4.69) is 5.32 Å². The molecule has 9 atom stereocenters. The zero-order valence-electron chi connectivity index (χ0n) is 30.9. The summed E-state index contributed by atoms with van der Waals surface area (Å²) in [5.74, 6) is -10.5. The van der Waals surface area contributed by atoms with Crippen molar-refractivity contribution in [2.75, 3.05) is 12.4 Å². The van der Waals surface area contributed by atoms with Crippen LogP contribution in [-0.4, -0.2) is 85.4 Å². The SMILES string of the molecule is CO[C@H]1/C=C/O[C@]2(C)Oc3c(C)c(O)c4c(O)c(c([N+](=O)[O-])c(O)c4c3C2=O)NC(=O)/C(C)=C\C=C\[C@@H](C)[C@@H](O)[C@@H](C)[C@H](O)[C@H](C)[C@H](OC(C)=O)[C@H]1C. The van der Waals surface area contributed by atoms with E-state index in [9.17, 15) is 50.0 Å². The molecule has 0 saturated heterocycles. The number of fused-ring (bicyclic) bond motifs is 14. The van der Waals surface area contributed by atoms with Gasteiger partial charge in [-0.1, -0.05) is 45.9 Å². The maximum absolute atomic E-state index is 14.0. The number of Topliss-reactive ketones (excluding diaryl/α,β-unsaturated/α-hetero) is 1. The van der Waals surface area contributed by atoms with E-state index in [1.807, 2.05) is 0 Å². The number of aromatic hydroxyl groups is 3. The number of nitro benzene ring substituents is 1. The highest BCUT2D eigenvalue weighted by Gasteiger charge is 2.50. The monoisotopic (exact) mass is 742 g/mol. The first-order chi connectivity index (χ1) is 24.7. The Morgan fingerprint density at radius 2 is 1.60 bits per heavy atom. The Balaban J connectivity index is 1.95. The Bertz CT molecular complexity index is 1920. The van der Waals surface area contributed by atoms with Crippen molar-refractivity contribution >= 4 is 39.8 Å². The number of ether oxygens (including phenoxy) is 4. The highest BCUT2D eigenvalue weighted by Crippen LogP contribution is 2.57. The predicted octanol–water partition coefficient (Wildman–Crippen LogP) is 4.66. The molecule has 2 aromatic rings. The smallest absolute Gasteiger partial charge is 0.338 e. The zero-order chi connectivity index (χ0) is 39.9. The van der Waals surface area contributed by atoms with E-state index in [-0.39, 0.29) is 16.9 Å². The van der Waals surface area contributed by atoms with Crippen LogP contribution in [0, 0.1) is 40.7 Å². The van der Waals surface area contributed by atoms with Crippen LogP contribution >= 0.6 is 0 Å². The third-order valence-corrected chi connectivity index (χ3v) is 10.2. The van der Waals surface area contributed by atoms with E-state index in [4.69, 9.17) is 18.9 Å². The van der Waals surface area contributed by atoms with Crippen molar-refractivity contribution < 1.29 is 63.8 Å². The van der Waals surface area contributed by atoms with Gasteiger partial charge in [0.2, 0.25) is 5.75 Å². The van der Waals surface area contributed by atoms with E-state index >= 15 is 0 Å². The molecule has 0 aliphatic carbocycles. The first-order valence-electron chi connectivity index (χ1n) is 16.9. The number of methoxy groups -OCH3 is 1. The van der Waals surface area contributed by atoms with Crippen molar-refractivity contribution in [2.45, 2.75) is 85.6 Å². The number of esters is 1. The van der Waals surface area contributed by atoms with Gasteiger partial charge in [-0.3, -0.25) is 24.5 Å². The van der Waals surface area contributed by atoms with E-state index in [1.54, 1.807) is 33.8 Å². The van der Waals surface area contributed by atoms with Crippen LogP contribution < -0.4 is 10.1 Å². The molecule has 5 bridgehead atoms. The number of carbonyl (C=O) groups excluding carboxylic acids is 3. The van der Waals surface area contributed by atoms with Crippen LogP contribution in [0.15, 0.2) is 36.1 Å². The number of amides is 1. The number of anilines is 1. The first-order valence-corrected chi connectivity index (χ1v) is 16.9. The maximum Gasteiger partial charge on any atom is 0.338 e. The number of nitro groups is 1. The standard InChI is InChI=1S/C37H46N2O14/c1-15-11-10-12-16(2)36(47)38-26-27(39(48)49)32(45)23-24(31(26)44)30(43)20(6)34-25(23)35(46)37(8,53-34)51-14-13-22(50-9)17(3)33(52-21(7)40)19(5)29(42)18(4)28(15)41/h10-15,17-19,22,28-29,33,41-45H,1-9H3,(H,38,47)/b11-10+,14-13+,16-12-/t15-,17+,18-,19+,22+,28-,29+,33-,37-/m1/s1. The quantitative estimate of drug-likeness (QED) is 0.0824. The molecule has 5 rings (SSSR count). The maximum atomic E-state index is 14.0. The fourth-order valence-electron chi connectivity index (χ4n) is 6.88. The van der Waals surface area contributed by atoms with Crippen LogP contribution in [0.25, 0.3) is 10.8 Å². The lowest BCUT2D eigenvalue weighted by Gasteiger charge is -2.38.